The average Bonchev–Trinajstić information content (AvgIpc) is 3.15. The minimum Gasteiger partial charge on any atom is -0.356 e. The van der Waals surface area contributed by atoms with E-state index in [0.29, 0.717) is 37.5 Å². The Morgan fingerprint density at radius 3 is 2.68 bits per heavy atom. The zero-order chi connectivity index (χ0) is 19.8. The molecule has 0 radical (unpaired) electrons. The molecular weight excluding hydrogens is 355 g/mol. The monoisotopic (exact) mass is 382 g/mol. The van der Waals surface area contributed by atoms with E-state index in [9.17, 15) is 9.18 Å². The number of halogens is 1. The summed E-state index contributed by atoms with van der Waals surface area (Å²) >= 11 is 0. The van der Waals surface area contributed by atoms with E-state index in [1.54, 1.807) is 19.2 Å². The van der Waals surface area contributed by atoms with Gasteiger partial charge in [0.1, 0.15) is 5.82 Å². The van der Waals surface area contributed by atoms with Gasteiger partial charge in [-0.2, -0.15) is 0 Å². The number of benzene rings is 2. The van der Waals surface area contributed by atoms with Crippen LogP contribution in [-0.2, 0) is 17.6 Å². The topological polar surface area (TPSA) is 56.7 Å². The molecule has 5 nitrogen and oxygen atoms in total. The number of carbonyl (C=O) groups is 1. The fourth-order valence-electron chi connectivity index (χ4n) is 3.42. The first-order valence-corrected chi connectivity index (χ1v) is 9.75. The summed E-state index contributed by atoms with van der Waals surface area (Å²) < 4.78 is 13.6. The number of rotatable bonds is 7. The normalized spacial score (nSPS) is 13.4. The summed E-state index contributed by atoms with van der Waals surface area (Å²) in [6.07, 6.45) is 2.73. The number of hydrogen-bond acceptors (Lipinski definition) is 2. The van der Waals surface area contributed by atoms with Crippen LogP contribution in [0.4, 0.5) is 10.1 Å². The van der Waals surface area contributed by atoms with E-state index in [2.05, 4.69) is 21.7 Å². The predicted octanol–water partition coefficient (Wildman–Crippen LogP) is 2.90. The van der Waals surface area contributed by atoms with Gasteiger partial charge in [-0.25, -0.2) is 4.39 Å². The molecule has 148 valence electrons. The molecular formula is C22H27FN4O. The van der Waals surface area contributed by atoms with Crippen molar-refractivity contribution < 1.29 is 9.18 Å². The van der Waals surface area contributed by atoms with Crippen molar-refractivity contribution in [2.24, 2.45) is 4.99 Å². The van der Waals surface area contributed by atoms with E-state index < -0.39 is 0 Å². The van der Waals surface area contributed by atoms with Gasteiger partial charge in [0.25, 0.3) is 0 Å². The Kier molecular flexibility index (Phi) is 7.00. The Morgan fingerprint density at radius 1 is 1.11 bits per heavy atom. The highest BCUT2D eigenvalue weighted by Gasteiger charge is 2.23. The van der Waals surface area contributed by atoms with Crippen molar-refractivity contribution in [3.05, 3.63) is 65.5 Å². The zero-order valence-electron chi connectivity index (χ0n) is 16.2. The van der Waals surface area contributed by atoms with Crippen LogP contribution in [0.15, 0.2) is 53.5 Å². The summed E-state index contributed by atoms with van der Waals surface area (Å²) in [4.78, 5) is 18.6. The lowest BCUT2D eigenvalue weighted by molar-refractivity contribution is -0.118. The van der Waals surface area contributed by atoms with Crippen molar-refractivity contribution >= 4 is 17.6 Å². The van der Waals surface area contributed by atoms with Gasteiger partial charge >= 0.3 is 0 Å². The van der Waals surface area contributed by atoms with Gasteiger partial charge in [0, 0.05) is 38.8 Å². The van der Waals surface area contributed by atoms with Crippen LogP contribution in [0, 0.1) is 5.82 Å². The van der Waals surface area contributed by atoms with Gasteiger partial charge in [0.05, 0.1) is 0 Å². The second kappa shape index (κ2) is 9.88. The summed E-state index contributed by atoms with van der Waals surface area (Å²) in [5.74, 6) is 0.638. The Morgan fingerprint density at radius 2 is 1.86 bits per heavy atom. The summed E-state index contributed by atoms with van der Waals surface area (Å²) in [6, 6.07) is 14.9. The molecule has 0 unspecified atom stereocenters. The van der Waals surface area contributed by atoms with E-state index in [1.165, 1.54) is 11.6 Å². The zero-order valence-corrected chi connectivity index (χ0v) is 16.2. The smallest absolute Gasteiger partial charge is 0.227 e. The molecule has 0 bridgehead atoms. The maximum Gasteiger partial charge on any atom is 0.227 e. The van der Waals surface area contributed by atoms with Crippen LogP contribution in [-0.4, -0.2) is 38.5 Å². The predicted molar refractivity (Wildman–Crippen MR) is 111 cm³/mol. The van der Waals surface area contributed by atoms with Crippen molar-refractivity contribution in [2.75, 3.05) is 31.6 Å². The minimum atomic E-state index is -0.186. The van der Waals surface area contributed by atoms with Gasteiger partial charge in [-0.3, -0.25) is 9.79 Å². The van der Waals surface area contributed by atoms with E-state index in [1.807, 2.05) is 29.2 Å². The number of fused-ring (bicyclic) bond motifs is 1. The second-order valence-electron chi connectivity index (χ2n) is 6.79. The number of guanidine groups is 1. The van der Waals surface area contributed by atoms with Gasteiger partial charge in [-0.15, -0.1) is 0 Å². The maximum absolute atomic E-state index is 13.6. The minimum absolute atomic E-state index is 0.161. The molecule has 0 saturated heterocycles. The fourth-order valence-corrected chi connectivity index (χ4v) is 3.42. The van der Waals surface area contributed by atoms with Crippen LogP contribution in [0.3, 0.4) is 0 Å². The van der Waals surface area contributed by atoms with Gasteiger partial charge in [0.2, 0.25) is 5.91 Å². The number of carbonyl (C=O) groups excluding carboxylic acids is 1. The largest absolute Gasteiger partial charge is 0.356 e. The van der Waals surface area contributed by atoms with Crippen LogP contribution in [0.2, 0.25) is 0 Å². The van der Waals surface area contributed by atoms with Crippen molar-refractivity contribution in [1.29, 1.82) is 0 Å². The number of anilines is 1. The second-order valence-corrected chi connectivity index (χ2v) is 6.79. The lowest BCUT2D eigenvalue weighted by Crippen LogP contribution is -2.39. The first-order chi connectivity index (χ1) is 13.7. The third kappa shape index (κ3) is 5.09. The summed E-state index contributed by atoms with van der Waals surface area (Å²) in [5.41, 5.74) is 2.97. The van der Waals surface area contributed by atoms with Crippen molar-refractivity contribution in [3.63, 3.8) is 0 Å². The molecule has 0 atom stereocenters. The SMILES string of the molecule is CN=C(NCCCC(=O)N1CCc2ccccc21)NCCc1ccccc1F. The third-order valence-corrected chi connectivity index (χ3v) is 4.92. The first kappa shape index (κ1) is 19.9. The number of aliphatic imine (C=N–C) groups is 1. The molecule has 1 aliphatic heterocycles. The summed E-state index contributed by atoms with van der Waals surface area (Å²) in [5, 5.41) is 6.39. The van der Waals surface area contributed by atoms with E-state index in [-0.39, 0.29) is 11.7 Å². The Hall–Kier alpha value is -2.89. The number of nitrogens with one attached hydrogen (secondary N) is 2. The molecule has 3 rings (SSSR count). The lowest BCUT2D eigenvalue weighted by atomic mass is 10.1. The first-order valence-electron chi connectivity index (χ1n) is 9.75. The molecule has 0 spiro atoms. The number of para-hydroxylation sites is 1. The van der Waals surface area contributed by atoms with Crippen molar-refractivity contribution in [3.8, 4) is 0 Å². The van der Waals surface area contributed by atoms with E-state index in [0.717, 1.165) is 25.1 Å². The highest BCUT2D eigenvalue weighted by atomic mass is 19.1. The molecule has 6 heteroatoms. The Labute approximate surface area is 165 Å². The molecule has 0 fully saturated rings. The lowest BCUT2D eigenvalue weighted by Gasteiger charge is -2.17. The molecule has 2 aromatic rings. The molecule has 2 N–H and O–H groups in total. The molecule has 0 saturated carbocycles. The number of hydrogen-bond donors (Lipinski definition) is 2. The van der Waals surface area contributed by atoms with Crippen LogP contribution >= 0.6 is 0 Å². The molecule has 1 heterocycles. The molecule has 2 aromatic carbocycles. The van der Waals surface area contributed by atoms with Gasteiger partial charge < -0.3 is 15.5 Å². The van der Waals surface area contributed by atoms with E-state index in [4.69, 9.17) is 0 Å². The molecule has 0 aliphatic carbocycles. The van der Waals surface area contributed by atoms with Crippen LogP contribution < -0.4 is 15.5 Å². The number of nitrogens with zero attached hydrogens (tertiary/aromatic N) is 2. The van der Waals surface area contributed by atoms with Crippen LogP contribution in [0.1, 0.15) is 24.0 Å². The van der Waals surface area contributed by atoms with Gasteiger partial charge in [-0.1, -0.05) is 36.4 Å². The highest BCUT2D eigenvalue weighted by molar-refractivity contribution is 5.95. The highest BCUT2D eigenvalue weighted by Crippen LogP contribution is 2.27. The molecule has 1 aliphatic rings. The standard InChI is InChI=1S/C22H27FN4O/c1-24-22(26-15-12-17-7-2-4-9-19(17)23)25-14-6-11-21(28)27-16-13-18-8-3-5-10-20(18)27/h2-5,7-10H,6,11-16H2,1H3,(H2,24,25,26). The average molecular weight is 382 g/mol. The van der Waals surface area contributed by atoms with Crippen molar-refractivity contribution in [1.82, 2.24) is 10.6 Å². The summed E-state index contributed by atoms with van der Waals surface area (Å²) in [6.45, 7) is 2.01. The van der Waals surface area contributed by atoms with E-state index >= 15 is 0 Å². The summed E-state index contributed by atoms with van der Waals surface area (Å²) in [7, 11) is 1.70. The fraction of sp³-hybridized carbons (Fsp3) is 0.364. The number of amides is 1. The molecule has 1 amide bonds. The molecule has 28 heavy (non-hydrogen) atoms. The molecule has 0 aromatic heterocycles. The third-order valence-electron chi connectivity index (χ3n) is 4.92. The Balaban J connectivity index is 1.36. The Bertz CT molecular complexity index is 837. The van der Waals surface area contributed by atoms with Gasteiger partial charge in [0.15, 0.2) is 5.96 Å². The van der Waals surface area contributed by atoms with Crippen LogP contribution in [0.25, 0.3) is 0 Å². The quantitative estimate of drug-likeness (QED) is 0.440. The van der Waals surface area contributed by atoms with Crippen molar-refractivity contribution in [2.45, 2.75) is 25.7 Å². The van der Waals surface area contributed by atoms with Crippen LogP contribution in [0.5, 0.6) is 0 Å². The maximum atomic E-state index is 13.6. The van der Waals surface area contributed by atoms with Gasteiger partial charge in [-0.05, 0) is 42.5 Å².